The third-order valence-corrected chi connectivity index (χ3v) is 9.73. The summed E-state index contributed by atoms with van der Waals surface area (Å²) >= 11 is 3.02. The minimum absolute atomic E-state index is 0.250. The average Bonchev–Trinajstić information content (AvgIpc) is 3.89. The van der Waals surface area contributed by atoms with E-state index in [1.807, 2.05) is 47.2 Å². The molecule has 1 N–H and O–H groups in total. The number of fused-ring (bicyclic) bond motifs is 2. The predicted octanol–water partition coefficient (Wildman–Crippen LogP) is 7.77. The van der Waals surface area contributed by atoms with Crippen molar-refractivity contribution in [3.05, 3.63) is 110 Å². The van der Waals surface area contributed by atoms with E-state index in [9.17, 15) is 14.0 Å². The summed E-state index contributed by atoms with van der Waals surface area (Å²) in [5.74, 6) is -0.412. The summed E-state index contributed by atoms with van der Waals surface area (Å²) in [6.07, 6.45) is 8.49. The Hall–Kier alpha value is -5.29. The van der Waals surface area contributed by atoms with E-state index in [1.165, 1.54) is 75.1 Å². The molecule has 2 fully saturated rings. The van der Waals surface area contributed by atoms with Gasteiger partial charge in [-0.2, -0.15) is 19.2 Å². The molecule has 2 aliphatic heterocycles. The van der Waals surface area contributed by atoms with Crippen molar-refractivity contribution in [2.24, 2.45) is 0 Å². The van der Waals surface area contributed by atoms with Crippen LogP contribution in [0.25, 0.3) is 42.8 Å². The first kappa shape index (κ1) is 38.5. The molecule has 8 rings (SSSR count). The summed E-state index contributed by atoms with van der Waals surface area (Å²) in [5, 5.41) is 8.84. The number of piperidine rings is 2. The molecule has 0 radical (unpaired) electrons. The zero-order chi connectivity index (χ0) is 36.4. The summed E-state index contributed by atoms with van der Waals surface area (Å²) in [5.41, 5.74) is 2.56. The van der Waals surface area contributed by atoms with E-state index in [0.717, 1.165) is 39.3 Å². The first-order chi connectivity index (χ1) is 24.9. The molecule has 0 atom stereocenters. The Morgan fingerprint density at radius 3 is 1.57 bits per heavy atom. The maximum absolute atomic E-state index is 13.0. The minimum Gasteiger partial charge on any atom is -0.422 e. The van der Waals surface area contributed by atoms with E-state index in [2.05, 4.69) is 22.3 Å². The lowest BCUT2D eigenvalue weighted by atomic mass is 10.1. The van der Waals surface area contributed by atoms with Gasteiger partial charge in [0.2, 0.25) is 0 Å². The van der Waals surface area contributed by atoms with Crippen LogP contribution in [0.5, 0.6) is 0 Å². The summed E-state index contributed by atoms with van der Waals surface area (Å²) in [6.45, 7) is 4.67. The molecule has 0 aliphatic carbocycles. The second-order valence-electron chi connectivity index (χ2n) is 11.3. The van der Waals surface area contributed by atoms with E-state index in [4.69, 9.17) is 28.0 Å². The molecule has 0 saturated carbocycles. The normalized spacial score (nSPS) is 13.4. The molecule has 51 heavy (non-hydrogen) atoms. The standard InChI is InChI=1S/C18H17NO2S.C13H7FO2S.C5H11N.2CO2/c20-18-15(17-5-4-10-22-17)11-13-6-7-14(12-16(13)21-18)19-8-2-1-3-9-19;14-9-4-3-8-6-10(12-2-1-5-17-12)13(15)16-11(8)7-9;1-2-4-6-5-3-1;2*2-1-3/h4-7,10-12H,1-3,8-9H2;1-7H;6H,1-5H2;;. The van der Waals surface area contributed by atoms with Crippen LogP contribution in [0.3, 0.4) is 0 Å². The summed E-state index contributed by atoms with van der Waals surface area (Å²) in [7, 11) is 0. The Bertz CT molecular complexity index is 2130. The monoisotopic (exact) mass is 730 g/mol. The van der Waals surface area contributed by atoms with Crippen LogP contribution in [0.15, 0.2) is 102 Å². The Morgan fingerprint density at radius 1 is 0.627 bits per heavy atom. The molecule has 6 heterocycles. The van der Waals surface area contributed by atoms with Crippen molar-refractivity contribution in [1.82, 2.24) is 5.32 Å². The molecule has 0 bridgehead atoms. The van der Waals surface area contributed by atoms with E-state index in [1.54, 1.807) is 23.5 Å². The van der Waals surface area contributed by atoms with Crippen molar-refractivity contribution in [2.75, 3.05) is 31.1 Å². The fourth-order valence-electron chi connectivity index (χ4n) is 5.54. The quantitative estimate of drug-likeness (QED) is 0.179. The van der Waals surface area contributed by atoms with Crippen molar-refractivity contribution >= 4 is 62.6 Å². The summed E-state index contributed by atoms with van der Waals surface area (Å²) in [4.78, 5) is 60.7. The topological polar surface area (TPSA) is 144 Å². The van der Waals surface area contributed by atoms with Gasteiger partial charge in [0, 0.05) is 51.4 Å². The number of hydrogen-bond donors (Lipinski definition) is 1. The van der Waals surface area contributed by atoms with Gasteiger partial charge in [-0.1, -0.05) is 18.6 Å². The zero-order valence-electron chi connectivity index (χ0n) is 27.6. The van der Waals surface area contributed by atoms with Crippen molar-refractivity contribution in [3.63, 3.8) is 0 Å². The minimum atomic E-state index is -0.439. The zero-order valence-corrected chi connectivity index (χ0v) is 29.2. The highest BCUT2D eigenvalue weighted by Gasteiger charge is 2.14. The summed E-state index contributed by atoms with van der Waals surface area (Å²) < 4.78 is 23.7. The molecule has 264 valence electrons. The number of nitrogens with one attached hydrogen (secondary N) is 1. The molecule has 13 heteroatoms. The Kier molecular flexibility index (Phi) is 15.4. The molecular weight excluding hydrogens is 696 g/mol. The van der Waals surface area contributed by atoms with Gasteiger partial charge in [0.1, 0.15) is 17.0 Å². The molecule has 10 nitrogen and oxygen atoms in total. The lowest BCUT2D eigenvalue weighted by Crippen LogP contribution is -2.29. The average molecular weight is 731 g/mol. The van der Waals surface area contributed by atoms with Crippen LogP contribution in [-0.4, -0.2) is 38.5 Å². The molecule has 0 spiro atoms. The van der Waals surface area contributed by atoms with E-state index < -0.39 is 11.4 Å². The highest BCUT2D eigenvalue weighted by molar-refractivity contribution is 7.13. The third-order valence-electron chi connectivity index (χ3n) is 7.92. The van der Waals surface area contributed by atoms with Crippen LogP contribution in [0.2, 0.25) is 0 Å². The first-order valence-electron chi connectivity index (χ1n) is 16.2. The molecule has 2 aromatic carbocycles. The first-order valence-corrected chi connectivity index (χ1v) is 18.0. The molecule has 6 aromatic rings. The van der Waals surface area contributed by atoms with Gasteiger partial charge < -0.3 is 19.1 Å². The van der Waals surface area contributed by atoms with Gasteiger partial charge in [-0.3, -0.25) is 0 Å². The van der Waals surface area contributed by atoms with Gasteiger partial charge in [0.25, 0.3) is 0 Å². The third kappa shape index (κ3) is 11.4. The van der Waals surface area contributed by atoms with Crippen LogP contribution in [0.4, 0.5) is 10.1 Å². The fraction of sp³-hybridized carbons (Fsp3) is 0.263. The van der Waals surface area contributed by atoms with Crippen molar-refractivity contribution in [1.29, 1.82) is 0 Å². The Morgan fingerprint density at radius 2 is 1.12 bits per heavy atom. The number of benzene rings is 2. The Labute approximate surface area is 300 Å². The second-order valence-corrected chi connectivity index (χ2v) is 13.2. The maximum atomic E-state index is 13.0. The lowest BCUT2D eigenvalue weighted by Gasteiger charge is -2.28. The highest BCUT2D eigenvalue weighted by atomic mass is 32.1. The maximum Gasteiger partial charge on any atom is 0.373 e. The molecule has 4 aromatic heterocycles. The number of carbonyl (C=O) groups excluding carboxylic acids is 4. The van der Waals surface area contributed by atoms with Crippen LogP contribution in [0.1, 0.15) is 38.5 Å². The van der Waals surface area contributed by atoms with Crippen LogP contribution >= 0.6 is 22.7 Å². The number of halogens is 1. The van der Waals surface area contributed by atoms with Crippen molar-refractivity contribution in [3.8, 4) is 20.9 Å². The lowest BCUT2D eigenvalue weighted by molar-refractivity contribution is -0.193. The van der Waals surface area contributed by atoms with Gasteiger partial charge in [0.15, 0.2) is 0 Å². The number of thiophene rings is 2. The second kappa shape index (κ2) is 20.4. The molecule has 2 aliphatic rings. The van der Waals surface area contributed by atoms with E-state index in [-0.39, 0.29) is 23.5 Å². The largest absolute Gasteiger partial charge is 0.422 e. The molecule has 0 unspecified atom stereocenters. The SMILES string of the molecule is C1CCNCC1.O=C=O.O=C=O.O=c1oc2cc(F)ccc2cc1-c1cccs1.O=c1oc2cc(N3CCCCC3)ccc2cc1-c1cccs1. The fourth-order valence-corrected chi connectivity index (χ4v) is 7.00. The van der Waals surface area contributed by atoms with Gasteiger partial charge in [-0.05, 0) is 104 Å². The van der Waals surface area contributed by atoms with Gasteiger partial charge in [-0.25, -0.2) is 14.0 Å². The predicted molar refractivity (Wildman–Crippen MR) is 194 cm³/mol. The van der Waals surface area contributed by atoms with Crippen LogP contribution < -0.4 is 21.5 Å². The Balaban J connectivity index is 0.000000177. The van der Waals surface area contributed by atoms with E-state index >= 15 is 0 Å². The van der Waals surface area contributed by atoms with Crippen LogP contribution in [0, 0.1) is 5.82 Å². The van der Waals surface area contributed by atoms with Gasteiger partial charge in [0.05, 0.1) is 11.1 Å². The number of rotatable bonds is 3. The van der Waals surface area contributed by atoms with Gasteiger partial charge in [-0.15, -0.1) is 22.7 Å². The van der Waals surface area contributed by atoms with Crippen LogP contribution in [-0.2, 0) is 19.2 Å². The van der Waals surface area contributed by atoms with Crippen molar-refractivity contribution < 1.29 is 32.4 Å². The number of nitrogens with zero attached hydrogens (tertiary/aromatic N) is 1. The summed E-state index contributed by atoms with van der Waals surface area (Å²) in [6, 6.07) is 21.6. The molecular formula is C38H35FN2O8S2. The number of anilines is 1. The van der Waals surface area contributed by atoms with Crippen molar-refractivity contribution in [2.45, 2.75) is 38.5 Å². The smallest absolute Gasteiger partial charge is 0.373 e. The molecule has 2 saturated heterocycles. The highest BCUT2D eigenvalue weighted by Crippen LogP contribution is 2.29. The van der Waals surface area contributed by atoms with E-state index in [0.29, 0.717) is 16.7 Å². The molecule has 0 amide bonds. The number of hydrogen-bond acceptors (Lipinski definition) is 12. The van der Waals surface area contributed by atoms with Gasteiger partial charge >= 0.3 is 23.6 Å².